The minimum Gasteiger partial charge on any atom is -0.325 e. The first-order valence-electron chi connectivity index (χ1n) is 6.73. The molecule has 0 atom stereocenters. The van der Waals surface area contributed by atoms with Gasteiger partial charge in [-0.15, -0.1) is 0 Å². The molecule has 0 fully saturated rings. The second-order valence-corrected chi connectivity index (χ2v) is 5.06. The molecule has 0 amide bonds. The lowest BCUT2D eigenvalue weighted by Crippen LogP contribution is -2.06. The zero-order valence-electron chi connectivity index (χ0n) is 12.0. The van der Waals surface area contributed by atoms with Crippen LogP contribution in [0.4, 0.5) is 0 Å². The van der Waals surface area contributed by atoms with E-state index in [9.17, 15) is 0 Å². The summed E-state index contributed by atoms with van der Waals surface area (Å²) in [4.78, 5) is 4.57. The molecule has 0 unspecified atom stereocenters. The van der Waals surface area contributed by atoms with Gasteiger partial charge in [-0.2, -0.15) is 5.10 Å². The van der Waals surface area contributed by atoms with Gasteiger partial charge in [0.1, 0.15) is 0 Å². The second kappa shape index (κ2) is 4.72. The molecule has 2 N–H and O–H groups in total. The van der Waals surface area contributed by atoms with Crippen LogP contribution in [0.5, 0.6) is 0 Å². The predicted octanol–water partition coefficient (Wildman–Crippen LogP) is 2.80. The first kappa shape index (κ1) is 12.8. The van der Waals surface area contributed by atoms with E-state index >= 15 is 0 Å². The average molecular weight is 266 g/mol. The van der Waals surface area contributed by atoms with E-state index in [1.165, 1.54) is 5.56 Å². The number of fused-ring (bicyclic) bond motifs is 1. The monoisotopic (exact) mass is 266 g/mol. The van der Waals surface area contributed by atoms with Crippen molar-refractivity contribution in [3.8, 4) is 5.69 Å². The molecule has 20 heavy (non-hydrogen) atoms. The molecule has 4 nitrogen and oxygen atoms in total. The molecule has 0 spiro atoms. The number of nitrogens with zero attached hydrogens (tertiary/aromatic N) is 3. The van der Waals surface area contributed by atoms with Gasteiger partial charge in [0.15, 0.2) is 0 Å². The number of nitrogens with two attached hydrogens (primary N) is 1. The highest BCUT2D eigenvalue weighted by Gasteiger charge is 2.13. The average Bonchev–Trinajstić information content (AvgIpc) is 2.73. The second-order valence-electron chi connectivity index (χ2n) is 5.06. The molecule has 0 radical (unpaired) electrons. The third kappa shape index (κ3) is 1.89. The molecule has 0 saturated carbocycles. The van der Waals surface area contributed by atoms with E-state index in [0.29, 0.717) is 6.54 Å². The number of aromatic nitrogens is 3. The molecule has 0 bridgehead atoms. The molecule has 3 rings (SSSR count). The van der Waals surface area contributed by atoms with Crippen LogP contribution in [0.2, 0.25) is 0 Å². The van der Waals surface area contributed by atoms with Gasteiger partial charge in [0.05, 0.1) is 22.6 Å². The Morgan fingerprint density at radius 2 is 1.90 bits per heavy atom. The van der Waals surface area contributed by atoms with Crippen molar-refractivity contribution >= 4 is 10.9 Å². The normalized spacial score (nSPS) is 11.2. The van der Waals surface area contributed by atoms with Crippen LogP contribution in [0.25, 0.3) is 16.6 Å². The molecule has 1 aromatic carbocycles. The van der Waals surface area contributed by atoms with Crippen molar-refractivity contribution in [3.05, 3.63) is 53.0 Å². The maximum atomic E-state index is 5.77. The van der Waals surface area contributed by atoms with Crippen LogP contribution in [0.3, 0.4) is 0 Å². The summed E-state index contributed by atoms with van der Waals surface area (Å²) in [6.07, 6.45) is 0. The third-order valence-corrected chi connectivity index (χ3v) is 3.84. The Hall–Kier alpha value is -2.20. The molecule has 0 aliphatic heterocycles. The maximum absolute atomic E-state index is 5.77. The van der Waals surface area contributed by atoms with Crippen LogP contribution in [-0.2, 0) is 6.54 Å². The number of para-hydroxylation sites is 1. The fraction of sp³-hybridized carbons (Fsp3) is 0.250. The Morgan fingerprint density at radius 1 is 1.15 bits per heavy atom. The van der Waals surface area contributed by atoms with Crippen molar-refractivity contribution in [2.24, 2.45) is 5.73 Å². The van der Waals surface area contributed by atoms with E-state index in [1.54, 1.807) is 0 Å². The van der Waals surface area contributed by atoms with Gasteiger partial charge in [-0.05, 0) is 38.5 Å². The molecule has 4 heteroatoms. The maximum Gasteiger partial charge on any atom is 0.0761 e. The summed E-state index contributed by atoms with van der Waals surface area (Å²) in [5.74, 6) is 0. The molecule has 3 aromatic rings. The van der Waals surface area contributed by atoms with Crippen molar-refractivity contribution in [2.45, 2.75) is 27.3 Å². The van der Waals surface area contributed by atoms with Gasteiger partial charge >= 0.3 is 0 Å². The summed E-state index contributed by atoms with van der Waals surface area (Å²) in [6, 6.07) is 10.1. The Bertz CT molecular complexity index is 787. The SMILES string of the molecule is Cc1nn(-c2cc(CN)nc3ccccc23)c(C)c1C. The van der Waals surface area contributed by atoms with E-state index in [-0.39, 0.29) is 0 Å². The zero-order valence-corrected chi connectivity index (χ0v) is 12.0. The number of hydrogen-bond acceptors (Lipinski definition) is 3. The van der Waals surface area contributed by atoms with E-state index in [0.717, 1.165) is 33.7 Å². The fourth-order valence-electron chi connectivity index (χ4n) is 2.45. The highest BCUT2D eigenvalue weighted by atomic mass is 15.3. The summed E-state index contributed by atoms with van der Waals surface area (Å²) in [6.45, 7) is 6.65. The van der Waals surface area contributed by atoms with Crippen LogP contribution in [-0.4, -0.2) is 14.8 Å². The van der Waals surface area contributed by atoms with Crippen molar-refractivity contribution in [3.63, 3.8) is 0 Å². The molecular weight excluding hydrogens is 248 g/mol. The van der Waals surface area contributed by atoms with Crippen LogP contribution in [0.15, 0.2) is 30.3 Å². The predicted molar refractivity (Wildman–Crippen MR) is 81.0 cm³/mol. The van der Waals surface area contributed by atoms with Crippen molar-refractivity contribution in [2.75, 3.05) is 0 Å². The molecule has 2 aromatic heterocycles. The lowest BCUT2D eigenvalue weighted by Gasteiger charge is -2.10. The summed E-state index contributed by atoms with van der Waals surface area (Å²) < 4.78 is 1.99. The molecule has 0 saturated heterocycles. The molecule has 102 valence electrons. The lowest BCUT2D eigenvalue weighted by molar-refractivity contribution is 0.833. The van der Waals surface area contributed by atoms with Gasteiger partial charge in [-0.1, -0.05) is 18.2 Å². The topological polar surface area (TPSA) is 56.7 Å². The van der Waals surface area contributed by atoms with E-state index in [1.807, 2.05) is 35.9 Å². The van der Waals surface area contributed by atoms with Crippen molar-refractivity contribution in [1.82, 2.24) is 14.8 Å². The van der Waals surface area contributed by atoms with Crippen molar-refractivity contribution < 1.29 is 0 Å². The van der Waals surface area contributed by atoms with E-state index in [2.05, 4.69) is 30.0 Å². The quantitative estimate of drug-likeness (QED) is 0.776. The molecular formula is C16H18N4. The Balaban J connectivity index is 2.37. The summed E-state index contributed by atoms with van der Waals surface area (Å²) in [7, 11) is 0. The Labute approximate surface area is 118 Å². The van der Waals surface area contributed by atoms with Gasteiger partial charge in [0.2, 0.25) is 0 Å². The first-order chi connectivity index (χ1) is 9.61. The molecule has 2 heterocycles. The van der Waals surface area contributed by atoms with E-state index in [4.69, 9.17) is 5.73 Å². The first-order valence-corrected chi connectivity index (χ1v) is 6.73. The summed E-state index contributed by atoms with van der Waals surface area (Å²) in [5.41, 5.74) is 12.1. The number of aryl methyl sites for hydroxylation is 1. The van der Waals surface area contributed by atoms with Gasteiger partial charge < -0.3 is 5.73 Å². The van der Waals surface area contributed by atoms with Crippen LogP contribution in [0, 0.1) is 20.8 Å². The molecule has 0 aliphatic carbocycles. The van der Waals surface area contributed by atoms with Gasteiger partial charge in [0, 0.05) is 17.6 Å². The van der Waals surface area contributed by atoms with E-state index < -0.39 is 0 Å². The fourth-order valence-corrected chi connectivity index (χ4v) is 2.45. The zero-order chi connectivity index (χ0) is 14.3. The largest absolute Gasteiger partial charge is 0.325 e. The van der Waals surface area contributed by atoms with Crippen LogP contribution in [0.1, 0.15) is 22.6 Å². The summed E-state index contributed by atoms with van der Waals surface area (Å²) >= 11 is 0. The van der Waals surface area contributed by atoms with Gasteiger partial charge in [-0.3, -0.25) is 4.98 Å². The van der Waals surface area contributed by atoms with Crippen LogP contribution >= 0.6 is 0 Å². The molecule has 0 aliphatic rings. The Morgan fingerprint density at radius 3 is 2.55 bits per heavy atom. The lowest BCUT2D eigenvalue weighted by atomic mass is 10.1. The summed E-state index contributed by atoms with van der Waals surface area (Å²) in [5, 5.41) is 5.75. The van der Waals surface area contributed by atoms with Crippen LogP contribution < -0.4 is 5.73 Å². The minimum absolute atomic E-state index is 0.427. The highest BCUT2D eigenvalue weighted by Crippen LogP contribution is 2.24. The smallest absolute Gasteiger partial charge is 0.0761 e. The third-order valence-electron chi connectivity index (χ3n) is 3.84. The number of rotatable bonds is 2. The Kier molecular flexibility index (Phi) is 3.03. The van der Waals surface area contributed by atoms with Gasteiger partial charge in [-0.25, -0.2) is 4.68 Å². The standard InChI is InChI=1S/C16H18N4/c1-10-11(2)19-20(12(10)3)16-8-13(9-17)18-15-7-5-4-6-14(15)16/h4-8H,9,17H2,1-3H3. The minimum atomic E-state index is 0.427. The number of hydrogen-bond donors (Lipinski definition) is 1. The van der Waals surface area contributed by atoms with Crippen molar-refractivity contribution in [1.29, 1.82) is 0 Å². The number of benzene rings is 1. The highest BCUT2D eigenvalue weighted by molar-refractivity contribution is 5.87. The number of pyridine rings is 1. The van der Waals surface area contributed by atoms with Gasteiger partial charge in [0.25, 0.3) is 0 Å².